The Labute approximate surface area is 189 Å². The zero-order valence-electron chi connectivity index (χ0n) is 20.4. The largest absolute Gasteiger partial charge is 0.0533 e. The summed E-state index contributed by atoms with van der Waals surface area (Å²) < 4.78 is 0. The molecular formula is C30H54. The lowest BCUT2D eigenvalue weighted by Crippen LogP contribution is -2.23. The van der Waals surface area contributed by atoms with Crippen LogP contribution >= 0.6 is 0 Å². The molecule has 8 fully saturated rings. The fourth-order valence-corrected chi connectivity index (χ4v) is 8.51. The van der Waals surface area contributed by atoms with E-state index in [2.05, 4.69) is 0 Å². The first-order chi connectivity index (χ1) is 14.9. The fraction of sp³-hybridized carbons (Fsp3) is 1.00. The third-order valence-electron chi connectivity index (χ3n) is 10.4. The van der Waals surface area contributed by atoms with E-state index in [4.69, 9.17) is 0 Å². The molecule has 0 atom stereocenters. The van der Waals surface area contributed by atoms with E-state index >= 15 is 0 Å². The van der Waals surface area contributed by atoms with Gasteiger partial charge in [0.25, 0.3) is 0 Å². The number of fused-ring (bicyclic) bond motifs is 2. The van der Waals surface area contributed by atoms with Crippen LogP contribution in [0.25, 0.3) is 0 Å². The maximum absolute atomic E-state index is 1.58. The zero-order valence-corrected chi connectivity index (χ0v) is 20.4. The van der Waals surface area contributed by atoms with Crippen molar-refractivity contribution < 1.29 is 0 Å². The molecular weight excluding hydrogens is 360 g/mol. The minimum atomic E-state index is 1.08. The van der Waals surface area contributed by atoms with Crippen molar-refractivity contribution in [3.63, 3.8) is 0 Å². The molecule has 8 saturated carbocycles. The molecule has 30 heavy (non-hydrogen) atoms. The summed E-state index contributed by atoms with van der Waals surface area (Å²) in [6, 6.07) is 0. The predicted molar refractivity (Wildman–Crippen MR) is 132 cm³/mol. The zero-order chi connectivity index (χ0) is 20.4. The molecule has 0 spiro atoms. The SMILES string of the molecule is C1CCCC2CCCC(CCC2)C2CCCC(CCC2)C2CCCC(CC1)CCC2. The van der Waals surface area contributed by atoms with E-state index < -0.39 is 0 Å². The highest BCUT2D eigenvalue weighted by Gasteiger charge is 2.29. The van der Waals surface area contributed by atoms with Crippen LogP contribution in [0.4, 0.5) is 0 Å². The first-order valence-electron chi connectivity index (χ1n) is 14.9. The molecule has 0 aliphatic heterocycles. The van der Waals surface area contributed by atoms with Crippen LogP contribution in [0.5, 0.6) is 0 Å². The van der Waals surface area contributed by atoms with E-state index in [1.54, 1.807) is 128 Å². The Morgan fingerprint density at radius 3 is 0.733 bits per heavy atom. The monoisotopic (exact) mass is 414 g/mol. The molecule has 0 heteroatoms. The molecule has 0 saturated heterocycles. The Bertz CT molecular complexity index is 383. The third-order valence-corrected chi connectivity index (χ3v) is 10.4. The van der Waals surface area contributed by atoms with E-state index in [0.29, 0.717) is 0 Å². The van der Waals surface area contributed by atoms with Gasteiger partial charge in [0.1, 0.15) is 0 Å². The third kappa shape index (κ3) is 7.27. The normalized spacial score (nSPS) is 40.8. The summed E-state index contributed by atoms with van der Waals surface area (Å²) in [5.41, 5.74) is 0. The highest BCUT2D eigenvalue weighted by Crippen LogP contribution is 2.42. The molecule has 8 rings (SSSR count). The average Bonchev–Trinajstić information content (AvgIpc) is 2.68. The Hall–Kier alpha value is 0. The molecule has 6 bridgehead atoms. The molecule has 0 unspecified atom stereocenters. The molecule has 0 nitrogen and oxygen atoms in total. The Kier molecular flexibility index (Phi) is 9.95. The maximum atomic E-state index is 1.58. The lowest BCUT2D eigenvalue weighted by Gasteiger charge is -2.35. The van der Waals surface area contributed by atoms with Crippen LogP contribution < -0.4 is 0 Å². The van der Waals surface area contributed by atoms with Gasteiger partial charge in [-0.2, -0.15) is 0 Å². The molecule has 0 aromatic rings. The highest BCUT2D eigenvalue weighted by atomic mass is 14.3. The standard InChI is InChI=1S/C30H54/c1-2-4-12-26-15-7-19-28(20-8-16-26)30-23-9-21-29(22-10-24-30)27-17-5-13-25(11-3-1)14-6-18-27/h25-30H,1-24H2. The highest BCUT2D eigenvalue weighted by molar-refractivity contribution is 4.81. The average molecular weight is 415 g/mol. The molecule has 0 N–H and O–H groups in total. The molecule has 0 aromatic heterocycles. The second-order valence-corrected chi connectivity index (χ2v) is 12.3. The number of hydrogen-bond acceptors (Lipinski definition) is 0. The van der Waals surface area contributed by atoms with Crippen molar-refractivity contribution in [3.8, 4) is 0 Å². The van der Waals surface area contributed by atoms with E-state index in [9.17, 15) is 0 Å². The molecule has 8 aliphatic carbocycles. The van der Waals surface area contributed by atoms with Gasteiger partial charge in [-0.25, -0.2) is 0 Å². The molecule has 174 valence electrons. The molecule has 0 aromatic carbocycles. The second-order valence-electron chi connectivity index (χ2n) is 12.3. The van der Waals surface area contributed by atoms with Crippen LogP contribution in [0.3, 0.4) is 0 Å². The minimum absolute atomic E-state index is 1.08. The maximum Gasteiger partial charge on any atom is -0.0386 e. The van der Waals surface area contributed by atoms with Crippen molar-refractivity contribution in [2.24, 2.45) is 35.5 Å². The summed E-state index contributed by atoms with van der Waals surface area (Å²) in [4.78, 5) is 0. The lowest BCUT2D eigenvalue weighted by molar-refractivity contribution is 0.162. The first-order valence-corrected chi connectivity index (χ1v) is 14.9. The molecule has 8 aliphatic rings. The summed E-state index contributed by atoms with van der Waals surface area (Å²) in [6.07, 6.45) is 37.5. The van der Waals surface area contributed by atoms with Gasteiger partial charge in [-0.1, -0.05) is 154 Å². The van der Waals surface area contributed by atoms with Gasteiger partial charge in [0, 0.05) is 0 Å². The van der Waals surface area contributed by atoms with Crippen LogP contribution in [-0.4, -0.2) is 0 Å². The number of rotatable bonds is 0. The summed E-state index contributed by atoms with van der Waals surface area (Å²) in [5.74, 6) is 6.53. The Balaban J connectivity index is 1.37. The van der Waals surface area contributed by atoms with Crippen molar-refractivity contribution in [2.75, 3.05) is 0 Å². The Morgan fingerprint density at radius 1 is 0.200 bits per heavy atom. The smallest absolute Gasteiger partial charge is 0.0386 e. The predicted octanol–water partition coefficient (Wildman–Crippen LogP) is 10.1. The van der Waals surface area contributed by atoms with E-state index in [1.165, 1.54) is 25.7 Å². The van der Waals surface area contributed by atoms with Gasteiger partial charge in [0.15, 0.2) is 0 Å². The van der Waals surface area contributed by atoms with Gasteiger partial charge in [-0.05, 0) is 35.5 Å². The van der Waals surface area contributed by atoms with Gasteiger partial charge in [-0.3, -0.25) is 0 Å². The van der Waals surface area contributed by atoms with Crippen molar-refractivity contribution in [1.82, 2.24) is 0 Å². The fourth-order valence-electron chi connectivity index (χ4n) is 8.51. The lowest BCUT2D eigenvalue weighted by atomic mass is 9.70. The summed E-state index contributed by atoms with van der Waals surface area (Å²) >= 11 is 0. The first kappa shape index (κ1) is 23.2. The number of hydrogen-bond donors (Lipinski definition) is 0. The molecule has 0 heterocycles. The molecule has 0 amide bonds. The summed E-state index contributed by atoms with van der Waals surface area (Å²) in [5, 5.41) is 0. The van der Waals surface area contributed by atoms with E-state index in [1.807, 2.05) is 0 Å². The summed E-state index contributed by atoms with van der Waals surface area (Å²) in [7, 11) is 0. The quantitative estimate of drug-likeness (QED) is 0.370. The van der Waals surface area contributed by atoms with Crippen LogP contribution in [0.2, 0.25) is 0 Å². The van der Waals surface area contributed by atoms with Gasteiger partial charge < -0.3 is 0 Å². The van der Waals surface area contributed by atoms with E-state index in [-0.39, 0.29) is 0 Å². The molecule has 0 radical (unpaired) electrons. The Morgan fingerprint density at radius 2 is 0.433 bits per heavy atom. The second kappa shape index (κ2) is 12.9. The van der Waals surface area contributed by atoms with Crippen molar-refractivity contribution in [2.45, 2.75) is 154 Å². The van der Waals surface area contributed by atoms with Crippen molar-refractivity contribution >= 4 is 0 Å². The van der Waals surface area contributed by atoms with Gasteiger partial charge in [0.05, 0.1) is 0 Å². The summed E-state index contributed by atoms with van der Waals surface area (Å²) in [6.45, 7) is 0. The van der Waals surface area contributed by atoms with Crippen LogP contribution in [0.15, 0.2) is 0 Å². The van der Waals surface area contributed by atoms with Crippen molar-refractivity contribution in [3.05, 3.63) is 0 Å². The topological polar surface area (TPSA) is 0 Å². The minimum Gasteiger partial charge on any atom is -0.0533 e. The van der Waals surface area contributed by atoms with E-state index in [0.717, 1.165) is 35.5 Å². The van der Waals surface area contributed by atoms with Crippen LogP contribution in [0, 0.1) is 35.5 Å². The van der Waals surface area contributed by atoms with Gasteiger partial charge >= 0.3 is 0 Å². The van der Waals surface area contributed by atoms with Crippen LogP contribution in [-0.2, 0) is 0 Å². The van der Waals surface area contributed by atoms with Crippen molar-refractivity contribution in [1.29, 1.82) is 0 Å². The van der Waals surface area contributed by atoms with Gasteiger partial charge in [-0.15, -0.1) is 0 Å². The van der Waals surface area contributed by atoms with Gasteiger partial charge in [0.2, 0.25) is 0 Å². The van der Waals surface area contributed by atoms with Crippen LogP contribution in [0.1, 0.15) is 154 Å².